The lowest BCUT2D eigenvalue weighted by Gasteiger charge is -2.38. The van der Waals surface area contributed by atoms with Gasteiger partial charge in [-0.3, -0.25) is 15.0 Å². The van der Waals surface area contributed by atoms with Crippen LogP contribution in [0.2, 0.25) is 0 Å². The minimum Gasteiger partial charge on any atom is -0.383 e. The minimum absolute atomic E-state index is 0.170. The number of nitrogens with one attached hydrogen (secondary N) is 1. The quantitative estimate of drug-likeness (QED) is 0.669. The molecule has 0 radical (unpaired) electrons. The summed E-state index contributed by atoms with van der Waals surface area (Å²) in [5.41, 5.74) is 1.72. The number of anilines is 1. The van der Waals surface area contributed by atoms with E-state index in [0.29, 0.717) is 11.6 Å². The van der Waals surface area contributed by atoms with Crippen LogP contribution in [0.1, 0.15) is 5.56 Å². The van der Waals surface area contributed by atoms with Crippen molar-refractivity contribution in [2.75, 3.05) is 45.6 Å². The van der Waals surface area contributed by atoms with E-state index in [9.17, 15) is 10.1 Å². The molecule has 1 N–H and O–H groups in total. The zero-order valence-electron chi connectivity index (χ0n) is 12.3. The molecular weight excluding hydrogens is 256 g/mol. The molecule has 1 fully saturated rings. The second-order valence-corrected chi connectivity index (χ2v) is 5.48. The highest BCUT2D eigenvalue weighted by Gasteiger charge is 2.22. The van der Waals surface area contributed by atoms with Crippen molar-refractivity contribution in [1.29, 1.82) is 0 Å². The van der Waals surface area contributed by atoms with Crippen molar-refractivity contribution in [3.8, 4) is 0 Å². The van der Waals surface area contributed by atoms with E-state index in [1.807, 2.05) is 6.07 Å². The lowest BCUT2D eigenvalue weighted by Crippen LogP contribution is -2.52. The van der Waals surface area contributed by atoms with Crippen molar-refractivity contribution in [3.05, 3.63) is 33.9 Å². The molecule has 0 aromatic heterocycles. The molecule has 1 aliphatic heterocycles. The summed E-state index contributed by atoms with van der Waals surface area (Å²) in [5.74, 6) is 0. The highest BCUT2D eigenvalue weighted by Crippen LogP contribution is 2.25. The maximum atomic E-state index is 10.9. The van der Waals surface area contributed by atoms with Crippen molar-refractivity contribution in [2.45, 2.75) is 13.0 Å². The molecule has 1 atom stereocenters. The van der Waals surface area contributed by atoms with Gasteiger partial charge in [0.1, 0.15) is 0 Å². The molecule has 1 aromatic rings. The van der Waals surface area contributed by atoms with Gasteiger partial charge in [0.25, 0.3) is 5.69 Å². The summed E-state index contributed by atoms with van der Waals surface area (Å²) < 4.78 is 0. The molecule has 0 saturated carbocycles. The molecule has 6 nitrogen and oxygen atoms in total. The zero-order valence-corrected chi connectivity index (χ0v) is 12.3. The lowest BCUT2D eigenvalue weighted by molar-refractivity contribution is -0.385. The molecule has 110 valence electrons. The number of hydrogen-bond acceptors (Lipinski definition) is 5. The Labute approximate surface area is 119 Å². The van der Waals surface area contributed by atoms with Gasteiger partial charge in [0.05, 0.1) is 4.92 Å². The van der Waals surface area contributed by atoms with Crippen molar-refractivity contribution < 1.29 is 4.92 Å². The van der Waals surface area contributed by atoms with E-state index in [4.69, 9.17) is 0 Å². The Balaban J connectivity index is 2.03. The fourth-order valence-electron chi connectivity index (χ4n) is 2.56. The summed E-state index contributed by atoms with van der Waals surface area (Å²) in [5, 5.41) is 14.3. The normalized spacial score (nSPS) is 20.9. The van der Waals surface area contributed by atoms with Crippen molar-refractivity contribution >= 4 is 11.4 Å². The Hall–Kier alpha value is -1.66. The molecule has 1 aromatic carbocycles. The van der Waals surface area contributed by atoms with Crippen molar-refractivity contribution in [2.24, 2.45) is 0 Å². The summed E-state index contributed by atoms with van der Waals surface area (Å²) in [6, 6.07) is 5.59. The SMILES string of the molecule is Cc1c(NCC2CN(C)CCN2C)cccc1[N+](=O)[O-]. The highest BCUT2D eigenvalue weighted by atomic mass is 16.6. The Morgan fingerprint density at radius 2 is 2.15 bits per heavy atom. The standard InChI is InChI=1S/C14H22N4O2/c1-11-13(5-4-6-14(11)18(19)20)15-9-12-10-16(2)7-8-17(12)3/h4-6,12,15H,7-10H2,1-3H3. The average molecular weight is 278 g/mol. The van der Waals surface area contributed by atoms with Crippen LogP contribution in [-0.4, -0.2) is 61.0 Å². The van der Waals surface area contributed by atoms with Gasteiger partial charge in [-0.05, 0) is 27.1 Å². The fourth-order valence-corrected chi connectivity index (χ4v) is 2.56. The third kappa shape index (κ3) is 3.26. The molecule has 1 aliphatic rings. The van der Waals surface area contributed by atoms with E-state index in [2.05, 4.69) is 29.2 Å². The first kappa shape index (κ1) is 14.7. The van der Waals surface area contributed by atoms with E-state index < -0.39 is 0 Å². The summed E-state index contributed by atoms with van der Waals surface area (Å²) in [7, 11) is 4.25. The van der Waals surface area contributed by atoms with Gasteiger partial charge in [-0.15, -0.1) is 0 Å². The molecule has 1 heterocycles. The molecular formula is C14H22N4O2. The van der Waals surface area contributed by atoms with Crippen LogP contribution < -0.4 is 5.32 Å². The summed E-state index contributed by atoms with van der Waals surface area (Å²) in [6.45, 7) is 5.73. The Morgan fingerprint density at radius 3 is 2.85 bits per heavy atom. The largest absolute Gasteiger partial charge is 0.383 e. The van der Waals surface area contributed by atoms with E-state index in [-0.39, 0.29) is 10.6 Å². The van der Waals surface area contributed by atoms with Crippen LogP contribution in [0.4, 0.5) is 11.4 Å². The van der Waals surface area contributed by atoms with Crippen LogP contribution in [0.15, 0.2) is 18.2 Å². The van der Waals surface area contributed by atoms with Crippen LogP contribution >= 0.6 is 0 Å². The van der Waals surface area contributed by atoms with Gasteiger partial charge in [-0.1, -0.05) is 6.07 Å². The molecule has 1 saturated heterocycles. The van der Waals surface area contributed by atoms with Crippen LogP contribution in [-0.2, 0) is 0 Å². The molecule has 0 spiro atoms. The smallest absolute Gasteiger partial charge is 0.274 e. The number of nitro groups is 1. The Bertz CT molecular complexity index is 492. The predicted octanol–water partition coefficient (Wildman–Crippen LogP) is 1.56. The monoisotopic (exact) mass is 278 g/mol. The first-order chi connectivity index (χ1) is 9.49. The maximum Gasteiger partial charge on any atom is 0.274 e. The van der Waals surface area contributed by atoms with Gasteiger partial charge >= 0.3 is 0 Å². The summed E-state index contributed by atoms with van der Waals surface area (Å²) >= 11 is 0. The van der Waals surface area contributed by atoms with Gasteiger partial charge in [0, 0.05) is 49.5 Å². The van der Waals surface area contributed by atoms with E-state index >= 15 is 0 Å². The molecule has 2 rings (SSSR count). The highest BCUT2D eigenvalue weighted by molar-refractivity contribution is 5.59. The third-order valence-electron chi connectivity index (χ3n) is 4.01. The first-order valence-corrected chi connectivity index (χ1v) is 6.85. The number of likely N-dealkylation sites (N-methyl/N-ethyl adjacent to an activating group) is 2. The molecule has 1 unspecified atom stereocenters. The summed E-state index contributed by atoms with van der Waals surface area (Å²) in [4.78, 5) is 15.3. The van der Waals surface area contributed by atoms with Gasteiger partial charge in [-0.25, -0.2) is 0 Å². The van der Waals surface area contributed by atoms with Crippen LogP contribution in [0.5, 0.6) is 0 Å². The Kier molecular flexibility index (Phi) is 4.57. The van der Waals surface area contributed by atoms with Crippen LogP contribution in [0.3, 0.4) is 0 Å². The van der Waals surface area contributed by atoms with Gasteiger partial charge < -0.3 is 10.2 Å². The van der Waals surface area contributed by atoms with Gasteiger partial charge in [0.15, 0.2) is 0 Å². The lowest BCUT2D eigenvalue weighted by atomic mass is 10.1. The molecule has 0 amide bonds. The first-order valence-electron chi connectivity index (χ1n) is 6.85. The second-order valence-electron chi connectivity index (χ2n) is 5.48. The average Bonchev–Trinajstić information content (AvgIpc) is 2.41. The predicted molar refractivity (Wildman–Crippen MR) is 80.2 cm³/mol. The Morgan fingerprint density at radius 1 is 1.40 bits per heavy atom. The van der Waals surface area contributed by atoms with Crippen molar-refractivity contribution in [3.63, 3.8) is 0 Å². The number of benzene rings is 1. The minimum atomic E-state index is -0.332. The van der Waals surface area contributed by atoms with Gasteiger partial charge in [0.2, 0.25) is 0 Å². The molecule has 0 aliphatic carbocycles. The summed E-state index contributed by atoms with van der Waals surface area (Å²) in [6.07, 6.45) is 0. The molecule has 0 bridgehead atoms. The van der Waals surface area contributed by atoms with Gasteiger partial charge in [-0.2, -0.15) is 0 Å². The van der Waals surface area contributed by atoms with Crippen LogP contribution in [0, 0.1) is 17.0 Å². The molecule has 6 heteroatoms. The number of hydrogen-bond donors (Lipinski definition) is 1. The topological polar surface area (TPSA) is 61.6 Å². The van der Waals surface area contributed by atoms with E-state index in [1.165, 1.54) is 0 Å². The number of piperazine rings is 1. The van der Waals surface area contributed by atoms with E-state index in [0.717, 1.165) is 31.9 Å². The fraction of sp³-hybridized carbons (Fsp3) is 0.571. The maximum absolute atomic E-state index is 10.9. The number of rotatable bonds is 4. The third-order valence-corrected chi connectivity index (χ3v) is 4.01. The second kappa shape index (κ2) is 6.19. The molecule has 20 heavy (non-hydrogen) atoms. The number of nitrogens with zero attached hydrogens (tertiary/aromatic N) is 3. The van der Waals surface area contributed by atoms with Crippen LogP contribution in [0.25, 0.3) is 0 Å². The number of nitro benzene ring substituents is 1. The van der Waals surface area contributed by atoms with Crippen molar-refractivity contribution in [1.82, 2.24) is 9.80 Å². The zero-order chi connectivity index (χ0) is 14.7. The van der Waals surface area contributed by atoms with E-state index in [1.54, 1.807) is 19.1 Å².